The normalized spacial score (nSPS) is 20.3. The highest BCUT2D eigenvalue weighted by Crippen LogP contribution is 2.40. The highest BCUT2D eigenvalue weighted by atomic mass is 16.5. The molecule has 4 heteroatoms. The molecule has 1 aliphatic rings. The van der Waals surface area contributed by atoms with E-state index >= 15 is 0 Å². The largest absolute Gasteiger partial charge is 0.495 e. The lowest BCUT2D eigenvalue weighted by atomic mass is 10.1. The van der Waals surface area contributed by atoms with E-state index in [-0.39, 0.29) is 11.8 Å². The van der Waals surface area contributed by atoms with Gasteiger partial charge in [-0.3, -0.25) is 4.79 Å². The fraction of sp³-hybridized carbons (Fsp3) is 0.278. The summed E-state index contributed by atoms with van der Waals surface area (Å²) >= 11 is 0. The Morgan fingerprint density at radius 2 is 2.00 bits per heavy atom. The molecule has 1 heterocycles. The second-order valence-electron chi connectivity index (χ2n) is 5.96. The van der Waals surface area contributed by atoms with Gasteiger partial charge in [-0.05, 0) is 24.5 Å². The van der Waals surface area contributed by atoms with Crippen LogP contribution >= 0.6 is 0 Å². The van der Waals surface area contributed by atoms with Gasteiger partial charge in [-0.1, -0.05) is 25.1 Å². The molecule has 1 amide bonds. The molecule has 1 fully saturated rings. The molecule has 0 bridgehead atoms. The lowest BCUT2D eigenvalue weighted by Gasteiger charge is -2.10. The molecule has 0 saturated heterocycles. The molecule has 3 aromatic rings. The van der Waals surface area contributed by atoms with E-state index in [2.05, 4.69) is 12.2 Å². The number of rotatable bonds is 3. The molecule has 0 aliphatic heterocycles. The van der Waals surface area contributed by atoms with Crippen LogP contribution in [0.1, 0.15) is 13.3 Å². The molecular formula is C18H17NO3. The van der Waals surface area contributed by atoms with Crippen LogP contribution in [-0.2, 0) is 4.79 Å². The summed E-state index contributed by atoms with van der Waals surface area (Å²) in [6, 6.07) is 11.6. The average Bonchev–Trinajstić information content (AvgIpc) is 3.15. The Morgan fingerprint density at radius 1 is 1.23 bits per heavy atom. The van der Waals surface area contributed by atoms with Crippen LogP contribution in [-0.4, -0.2) is 13.0 Å². The van der Waals surface area contributed by atoms with Gasteiger partial charge in [-0.15, -0.1) is 0 Å². The highest BCUT2D eigenvalue weighted by Gasteiger charge is 2.39. The molecule has 2 atom stereocenters. The van der Waals surface area contributed by atoms with Gasteiger partial charge >= 0.3 is 0 Å². The summed E-state index contributed by atoms with van der Waals surface area (Å²) in [7, 11) is 1.61. The molecule has 1 aromatic heterocycles. The lowest BCUT2D eigenvalue weighted by Crippen LogP contribution is -2.15. The summed E-state index contributed by atoms with van der Waals surface area (Å²) in [6.45, 7) is 2.09. The molecule has 1 aliphatic carbocycles. The molecule has 1 saturated carbocycles. The average molecular weight is 295 g/mol. The van der Waals surface area contributed by atoms with Gasteiger partial charge in [0.25, 0.3) is 0 Å². The summed E-state index contributed by atoms with van der Waals surface area (Å²) < 4.78 is 11.3. The van der Waals surface area contributed by atoms with Gasteiger partial charge in [-0.2, -0.15) is 0 Å². The Balaban J connectivity index is 1.80. The van der Waals surface area contributed by atoms with Crippen molar-refractivity contribution in [3.05, 3.63) is 36.4 Å². The second-order valence-corrected chi connectivity index (χ2v) is 5.96. The van der Waals surface area contributed by atoms with Crippen LogP contribution < -0.4 is 10.1 Å². The van der Waals surface area contributed by atoms with E-state index in [0.29, 0.717) is 17.4 Å². The van der Waals surface area contributed by atoms with Crippen molar-refractivity contribution in [2.75, 3.05) is 12.4 Å². The number of anilines is 1. The van der Waals surface area contributed by atoms with Gasteiger partial charge in [0.05, 0.1) is 12.8 Å². The van der Waals surface area contributed by atoms with Gasteiger partial charge in [0, 0.05) is 22.8 Å². The molecule has 1 N–H and O–H groups in total. The maximum atomic E-state index is 12.2. The number of hydrogen-bond acceptors (Lipinski definition) is 3. The minimum atomic E-state index is 0.0567. The molecule has 0 radical (unpaired) electrons. The number of nitrogens with one attached hydrogen (secondary N) is 1. The van der Waals surface area contributed by atoms with Crippen LogP contribution in [0.15, 0.2) is 40.8 Å². The number of para-hydroxylation sites is 1. The molecular weight excluding hydrogens is 278 g/mol. The fourth-order valence-corrected chi connectivity index (χ4v) is 2.93. The zero-order valence-electron chi connectivity index (χ0n) is 12.6. The third-order valence-electron chi connectivity index (χ3n) is 4.40. The molecule has 2 aromatic carbocycles. The number of amides is 1. The van der Waals surface area contributed by atoms with E-state index in [0.717, 1.165) is 28.4 Å². The summed E-state index contributed by atoms with van der Waals surface area (Å²) in [5, 5.41) is 5.00. The van der Waals surface area contributed by atoms with Gasteiger partial charge in [0.2, 0.25) is 5.91 Å². The van der Waals surface area contributed by atoms with E-state index < -0.39 is 0 Å². The monoisotopic (exact) mass is 295 g/mol. The van der Waals surface area contributed by atoms with Gasteiger partial charge in [0.15, 0.2) is 0 Å². The van der Waals surface area contributed by atoms with Crippen LogP contribution in [0, 0.1) is 11.8 Å². The number of carbonyl (C=O) groups excluding carboxylic acids is 1. The van der Waals surface area contributed by atoms with Crippen LogP contribution in [0.2, 0.25) is 0 Å². The van der Waals surface area contributed by atoms with E-state index in [4.69, 9.17) is 9.15 Å². The van der Waals surface area contributed by atoms with Gasteiger partial charge in [0.1, 0.15) is 16.9 Å². The summed E-state index contributed by atoms with van der Waals surface area (Å²) in [5.74, 6) is 1.30. The number of ether oxygens (including phenoxy) is 1. The zero-order chi connectivity index (χ0) is 15.3. The Kier molecular flexibility index (Phi) is 2.86. The predicted molar refractivity (Wildman–Crippen MR) is 86.2 cm³/mol. The van der Waals surface area contributed by atoms with E-state index in [1.165, 1.54) is 0 Å². The SMILES string of the molecule is COc1cc2c(cc1NC(=O)C1CC1C)oc1ccccc12. The molecule has 22 heavy (non-hydrogen) atoms. The zero-order valence-corrected chi connectivity index (χ0v) is 12.6. The smallest absolute Gasteiger partial charge is 0.227 e. The Hall–Kier alpha value is -2.49. The lowest BCUT2D eigenvalue weighted by molar-refractivity contribution is -0.117. The van der Waals surface area contributed by atoms with E-state index in [9.17, 15) is 4.79 Å². The predicted octanol–water partition coefficient (Wildman–Crippen LogP) is 4.19. The standard InChI is InChI=1S/C18H17NO3/c1-10-7-12(10)18(20)19-14-9-16-13(8-17(14)21-2)11-5-3-4-6-15(11)22-16/h3-6,8-10,12H,7H2,1-2H3,(H,19,20). The first-order valence-electron chi connectivity index (χ1n) is 7.47. The van der Waals surface area contributed by atoms with Crippen LogP contribution in [0.5, 0.6) is 5.75 Å². The Morgan fingerprint density at radius 3 is 2.73 bits per heavy atom. The van der Waals surface area contributed by atoms with E-state index in [1.54, 1.807) is 7.11 Å². The first-order chi connectivity index (χ1) is 10.7. The second kappa shape index (κ2) is 4.77. The van der Waals surface area contributed by atoms with Crippen molar-refractivity contribution in [2.45, 2.75) is 13.3 Å². The Bertz CT molecular complexity index is 881. The minimum absolute atomic E-state index is 0.0567. The van der Waals surface area contributed by atoms with Crippen LogP contribution in [0.25, 0.3) is 21.9 Å². The fourth-order valence-electron chi connectivity index (χ4n) is 2.93. The number of hydrogen-bond donors (Lipinski definition) is 1. The van der Waals surface area contributed by atoms with Crippen LogP contribution in [0.3, 0.4) is 0 Å². The number of furan rings is 1. The van der Waals surface area contributed by atoms with E-state index in [1.807, 2.05) is 36.4 Å². The molecule has 4 rings (SSSR count). The van der Waals surface area contributed by atoms with Gasteiger partial charge in [-0.25, -0.2) is 0 Å². The third-order valence-corrected chi connectivity index (χ3v) is 4.40. The maximum Gasteiger partial charge on any atom is 0.227 e. The van der Waals surface area contributed by atoms with Crippen molar-refractivity contribution >= 4 is 33.5 Å². The van der Waals surface area contributed by atoms with Crippen molar-refractivity contribution in [3.63, 3.8) is 0 Å². The molecule has 4 nitrogen and oxygen atoms in total. The first kappa shape index (κ1) is 13.2. The summed E-state index contributed by atoms with van der Waals surface area (Å²) in [5.41, 5.74) is 2.25. The third kappa shape index (κ3) is 2.03. The molecule has 0 spiro atoms. The van der Waals surface area contributed by atoms with Crippen molar-refractivity contribution < 1.29 is 13.9 Å². The van der Waals surface area contributed by atoms with Crippen molar-refractivity contribution in [1.82, 2.24) is 0 Å². The van der Waals surface area contributed by atoms with Crippen molar-refractivity contribution in [3.8, 4) is 5.75 Å². The number of fused-ring (bicyclic) bond motifs is 3. The molecule has 2 unspecified atom stereocenters. The number of methoxy groups -OCH3 is 1. The number of carbonyl (C=O) groups is 1. The summed E-state index contributed by atoms with van der Waals surface area (Å²) in [6.07, 6.45) is 0.959. The summed E-state index contributed by atoms with van der Waals surface area (Å²) in [4.78, 5) is 12.2. The Labute approximate surface area is 128 Å². The topological polar surface area (TPSA) is 51.5 Å². The van der Waals surface area contributed by atoms with Crippen molar-refractivity contribution in [2.24, 2.45) is 11.8 Å². The first-order valence-corrected chi connectivity index (χ1v) is 7.47. The molecule has 112 valence electrons. The number of benzene rings is 2. The maximum absolute atomic E-state index is 12.2. The highest BCUT2D eigenvalue weighted by molar-refractivity contribution is 6.08. The van der Waals surface area contributed by atoms with Crippen molar-refractivity contribution in [1.29, 1.82) is 0 Å². The quantitative estimate of drug-likeness (QED) is 0.788. The minimum Gasteiger partial charge on any atom is -0.495 e. The van der Waals surface area contributed by atoms with Gasteiger partial charge < -0.3 is 14.5 Å². The van der Waals surface area contributed by atoms with Crippen LogP contribution in [0.4, 0.5) is 5.69 Å².